The number of carbonyl (C=O) groups excluding carboxylic acids is 1. The maximum Gasteiger partial charge on any atom is 0.255 e. The number of hydroxylamine groups is 2. The second-order valence-electron chi connectivity index (χ2n) is 5.29. The van der Waals surface area contributed by atoms with Gasteiger partial charge in [-0.15, -0.1) is 0 Å². The molecule has 1 aromatic carbocycles. The Hall–Kier alpha value is -1.54. The third-order valence-electron chi connectivity index (χ3n) is 3.96. The number of hydrogen-bond acceptors (Lipinski definition) is 6. The fourth-order valence-corrected chi connectivity index (χ4v) is 2.78. The predicted molar refractivity (Wildman–Crippen MR) is 87.7 cm³/mol. The Morgan fingerprint density at radius 2 is 2.13 bits per heavy atom. The zero-order valence-electron chi connectivity index (χ0n) is 13.5. The molecule has 2 unspecified atom stereocenters. The maximum absolute atomic E-state index is 12.6. The number of methoxy groups -OCH3 is 2. The second-order valence-corrected chi connectivity index (χ2v) is 5.69. The normalized spacial score (nSPS) is 21.9. The Morgan fingerprint density at radius 3 is 2.74 bits per heavy atom. The van der Waals surface area contributed by atoms with E-state index in [1.54, 1.807) is 25.3 Å². The van der Waals surface area contributed by atoms with Crippen LogP contribution in [0.1, 0.15) is 16.8 Å². The largest absolute Gasteiger partial charge is 0.496 e. The number of nitrogen functional groups attached to an aromatic ring is 1. The summed E-state index contributed by atoms with van der Waals surface area (Å²) in [6.45, 7) is 1.29. The fourth-order valence-electron chi connectivity index (χ4n) is 2.62. The third-order valence-corrected chi connectivity index (χ3v) is 4.29. The van der Waals surface area contributed by atoms with Crippen LogP contribution in [0.3, 0.4) is 0 Å². The molecule has 0 saturated carbocycles. The topological polar surface area (TPSA) is 86.0 Å². The highest BCUT2D eigenvalue weighted by Gasteiger charge is 2.31. The number of hydrogen-bond donors (Lipinski definition) is 2. The van der Waals surface area contributed by atoms with Gasteiger partial charge in [-0.2, -0.15) is 5.06 Å². The predicted octanol–water partition coefficient (Wildman–Crippen LogP) is 1.31. The lowest BCUT2D eigenvalue weighted by atomic mass is 10.0. The van der Waals surface area contributed by atoms with Crippen LogP contribution in [-0.4, -0.2) is 57.5 Å². The van der Waals surface area contributed by atoms with E-state index >= 15 is 0 Å². The Kier molecular flexibility index (Phi) is 6.06. The van der Waals surface area contributed by atoms with Crippen molar-refractivity contribution in [1.82, 2.24) is 10.4 Å². The molecule has 128 valence electrons. The first kappa shape index (κ1) is 17.8. The quantitative estimate of drug-likeness (QED) is 0.784. The first-order valence-corrected chi connectivity index (χ1v) is 7.63. The minimum absolute atomic E-state index is 0.125. The zero-order chi connectivity index (χ0) is 17.0. The van der Waals surface area contributed by atoms with Crippen molar-refractivity contribution in [2.24, 2.45) is 0 Å². The molecule has 1 aliphatic heterocycles. The van der Waals surface area contributed by atoms with Crippen molar-refractivity contribution in [3.05, 3.63) is 22.7 Å². The van der Waals surface area contributed by atoms with E-state index in [2.05, 4.69) is 5.32 Å². The average molecular weight is 344 g/mol. The van der Waals surface area contributed by atoms with Crippen molar-refractivity contribution in [3.8, 4) is 5.75 Å². The zero-order valence-corrected chi connectivity index (χ0v) is 14.2. The molecule has 0 aromatic heterocycles. The molecule has 1 aromatic rings. The molecule has 1 aliphatic rings. The van der Waals surface area contributed by atoms with Gasteiger partial charge in [0.2, 0.25) is 0 Å². The summed E-state index contributed by atoms with van der Waals surface area (Å²) in [6, 6.07) is 2.93. The Bertz CT molecular complexity index is 570. The number of piperidine rings is 1. The van der Waals surface area contributed by atoms with Gasteiger partial charge in [0, 0.05) is 19.7 Å². The highest BCUT2D eigenvalue weighted by atomic mass is 35.5. The molecule has 2 atom stereocenters. The number of halogens is 1. The lowest BCUT2D eigenvalue weighted by Crippen LogP contribution is -2.54. The third kappa shape index (κ3) is 4.06. The van der Waals surface area contributed by atoms with Crippen LogP contribution in [0.25, 0.3) is 0 Å². The van der Waals surface area contributed by atoms with Gasteiger partial charge in [0.1, 0.15) is 5.75 Å². The molecule has 8 heteroatoms. The first-order valence-electron chi connectivity index (χ1n) is 7.25. The van der Waals surface area contributed by atoms with Gasteiger partial charge in [0.15, 0.2) is 0 Å². The lowest BCUT2D eigenvalue weighted by Gasteiger charge is -2.36. The van der Waals surface area contributed by atoms with Gasteiger partial charge in [-0.3, -0.25) is 4.79 Å². The molecule has 1 saturated heterocycles. The molecule has 1 heterocycles. The highest BCUT2D eigenvalue weighted by Crippen LogP contribution is 2.29. The molecule has 0 bridgehead atoms. The van der Waals surface area contributed by atoms with Crippen molar-refractivity contribution < 1.29 is 19.1 Å². The van der Waals surface area contributed by atoms with Gasteiger partial charge >= 0.3 is 0 Å². The van der Waals surface area contributed by atoms with E-state index in [0.717, 1.165) is 0 Å². The minimum atomic E-state index is -0.276. The smallest absolute Gasteiger partial charge is 0.255 e. The van der Waals surface area contributed by atoms with E-state index < -0.39 is 0 Å². The van der Waals surface area contributed by atoms with Gasteiger partial charge in [0.25, 0.3) is 5.91 Å². The van der Waals surface area contributed by atoms with Crippen LogP contribution in [-0.2, 0) is 9.57 Å². The molecule has 3 N–H and O–H groups in total. The Balaban J connectivity index is 2.14. The first-order chi connectivity index (χ1) is 11.0. The van der Waals surface area contributed by atoms with Crippen LogP contribution in [0.15, 0.2) is 12.1 Å². The Labute approximate surface area is 140 Å². The number of carbonyl (C=O) groups is 1. The molecule has 7 nitrogen and oxygen atoms in total. The van der Waals surface area contributed by atoms with Crippen LogP contribution in [0.2, 0.25) is 5.02 Å². The summed E-state index contributed by atoms with van der Waals surface area (Å²) in [4.78, 5) is 17.8. The number of nitrogens with two attached hydrogens (primary N) is 1. The molecule has 0 aliphatic carbocycles. The van der Waals surface area contributed by atoms with Crippen molar-refractivity contribution >= 4 is 23.2 Å². The standard InChI is InChI=1S/C15H22ClN3O4/c1-21-13-7-11(17)10(16)6-9(13)15(20)18-12-4-5-19(23-3)8-14(12)22-2/h6-7,12,14H,4-5,8,17H2,1-3H3,(H,18,20). The molecule has 2 rings (SSSR count). The maximum atomic E-state index is 12.6. The summed E-state index contributed by atoms with van der Waals surface area (Å²) in [5, 5.41) is 5.09. The van der Waals surface area contributed by atoms with E-state index in [9.17, 15) is 4.79 Å². The highest BCUT2D eigenvalue weighted by molar-refractivity contribution is 6.33. The van der Waals surface area contributed by atoms with E-state index in [1.165, 1.54) is 13.2 Å². The molecule has 1 amide bonds. The van der Waals surface area contributed by atoms with Gasteiger partial charge < -0.3 is 25.4 Å². The lowest BCUT2D eigenvalue weighted by molar-refractivity contribution is -0.173. The van der Waals surface area contributed by atoms with Crippen molar-refractivity contribution in [2.75, 3.05) is 40.2 Å². The number of amides is 1. The Morgan fingerprint density at radius 1 is 1.39 bits per heavy atom. The van der Waals surface area contributed by atoms with Gasteiger partial charge in [-0.1, -0.05) is 11.6 Å². The second kappa shape index (κ2) is 7.83. The van der Waals surface area contributed by atoms with Crippen LogP contribution < -0.4 is 15.8 Å². The number of nitrogens with one attached hydrogen (secondary N) is 1. The molecule has 23 heavy (non-hydrogen) atoms. The summed E-state index contributed by atoms with van der Waals surface area (Å²) in [5.41, 5.74) is 6.45. The van der Waals surface area contributed by atoms with Crippen LogP contribution in [0, 0.1) is 0 Å². The molecule has 0 spiro atoms. The summed E-state index contributed by atoms with van der Waals surface area (Å²) in [5.74, 6) is 0.106. The molecule has 1 fully saturated rings. The van der Waals surface area contributed by atoms with Crippen LogP contribution >= 0.6 is 11.6 Å². The van der Waals surface area contributed by atoms with E-state index in [0.29, 0.717) is 41.5 Å². The van der Waals surface area contributed by atoms with Crippen molar-refractivity contribution in [3.63, 3.8) is 0 Å². The van der Waals surface area contributed by atoms with Crippen molar-refractivity contribution in [2.45, 2.75) is 18.6 Å². The molecule has 0 radical (unpaired) electrons. The number of ether oxygens (including phenoxy) is 2. The summed E-state index contributed by atoms with van der Waals surface area (Å²) in [6.07, 6.45) is 0.547. The number of benzene rings is 1. The van der Waals surface area contributed by atoms with E-state index in [4.69, 9.17) is 31.6 Å². The van der Waals surface area contributed by atoms with E-state index in [1.807, 2.05) is 0 Å². The van der Waals surface area contributed by atoms with Gasteiger partial charge in [-0.05, 0) is 12.5 Å². The average Bonchev–Trinajstić information content (AvgIpc) is 2.57. The molecular weight excluding hydrogens is 322 g/mol. The monoisotopic (exact) mass is 343 g/mol. The van der Waals surface area contributed by atoms with Crippen molar-refractivity contribution in [1.29, 1.82) is 0 Å². The summed E-state index contributed by atoms with van der Waals surface area (Å²) in [7, 11) is 4.71. The minimum Gasteiger partial charge on any atom is -0.496 e. The summed E-state index contributed by atoms with van der Waals surface area (Å²) < 4.78 is 10.7. The fraction of sp³-hybridized carbons (Fsp3) is 0.533. The van der Waals surface area contributed by atoms with Gasteiger partial charge in [-0.25, -0.2) is 0 Å². The van der Waals surface area contributed by atoms with Gasteiger partial charge in [0.05, 0.1) is 49.2 Å². The number of nitrogens with zero attached hydrogens (tertiary/aromatic N) is 1. The number of rotatable bonds is 5. The van der Waals surface area contributed by atoms with Crippen LogP contribution in [0.5, 0.6) is 5.75 Å². The molecular formula is C15H22ClN3O4. The van der Waals surface area contributed by atoms with E-state index in [-0.39, 0.29) is 18.1 Å². The summed E-state index contributed by atoms with van der Waals surface area (Å²) >= 11 is 6.02. The number of anilines is 1. The SMILES string of the molecule is COc1cc(N)c(Cl)cc1C(=O)NC1CCN(OC)CC1OC. The van der Waals surface area contributed by atoms with Crippen LogP contribution in [0.4, 0.5) is 5.69 Å².